The Kier molecular flexibility index (Phi) is 5.55. The Hall–Kier alpha value is -4.53. The Balaban J connectivity index is 1.64. The third-order valence-electron chi connectivity index (χ3n) is 5.98. The molecule has 0 saturated heterocycles. The highest BCUT2D eigenvalue weighted by Crippen LogP contribution is 2.43. The summed E-state index contributed by atoms with van der Waals surface area (Å²) in [5.74, 6) is -2.13. The van der Waals surface area contributed by atoms with Gasteiger partial charge in [-0.1, -0.05) is 30.3 Å². The second-order valence-corrected chi connectivity index (χ2v) is 8.14. The van der Waals surface area contributed by atoms with Crippen molar-refractivity contribution in [3.8, 4) is 5.75 Å². The van der Waals surface area contributed by atoms with Crippen LogP contribution in [0.2, 0.25) is 0 Å². The van der Waals surface area contributed by atoms with Crippen LogP contribution in [-0.2, 0) is 11.0 Å². The molecule has 1 atom stereocenters. The molecule has 3 aromatic carbocycles. The number of methoxy groups -OCH3 is 1. The lowest BCUT2D eigenvalue weighted by Crippen LogP contribution is -2.31. The molecule has 5 rings (SSSR count). The molecule has 6 nitrogen and oxygen atoms in total. The number of para-hydroxylation sites is 1. The number of amides is 1. The van der Waals surface area contributed by atoms with Gasteiger partial charge in [-0.25, -0.2) is 0 Å². The maximum atomic E-state index is 13.6. The molecule has 1 aliphatic rings. The first-order valence-electron chi connectivity index (χ1n) is 10.8. The van der Waals surface area contributed by atoms with E-state index in [9.17, 15) is 27.9 Å². The zero-order valence-corrected chi connectivity index (χ0v) is 18.7. The van der Waals surface area contributed by atoms with E-state index in [1.807, 2.05) is 0 Å². The molecule has 1 aromatic heterocycles. The number of anilines is 1. The number of rotatable bonds is 5. The molecule has 2 heterocycles. The molecule has 1 aliphatic heterocycles. The molecule has 0 saturated carbocycles. The molecule has 0 radical (unpaired) electrons. The lowest BCUT2D eigenvalue weighted by molar-refractivity contribution is -0.137. The number of hydrogen-bond acceptors (Lipinski definition) is 5. The Labute approximate surface area is 202 Å². The summed E-state index contributed by atoms with van der Waals surface area (Å²) in [7, 11) is 1.44. The molecular formula is C27H18F3NO5. The van der Waals surface area contributed by atoms with Crippen LogP contribution in [0, 0.1) is 0 Å². The fourth-order valence-electron chi connectivity index (χ4n) is 4.27. The van der Waals surface area contributed by atoms with Crippen LogP contribution in [0.1, 0.15) is 27.7 Å². The molecule has 9 heteroatoms. The van der Waals surface area contributed by atoms with E-state index in [0.29, 0.717) is 22.3 Å². The number of nitrogens with zero attached hydrogens (tertiary/aromatic N) is 1. The molecule has 0 fully saturated rings. The van der Waals surface area contributed by atoms with Crippen LogP contribution in [0.4, 0.5) is 18.9 Å². The van der Waals surface area contributed by atoms with Crippen molar-refractivity contribution in [2.24, 2.45) is 0 Å². The van der Waals surface area contributed by atoms with Crippen molar-refractivity contribution >= 4 is 28.3 Å². The minimum atomic E-state index is -4.57. The topological polar surface area (TPSA) is 80.0 Å². The lowest BCUT2D eigenvalue weighted by Gasteiger charge is -2.27. The van der Waals surface area contributed by atoms with E-state index in [1.165, 1.54) is 13.2 Å². The number of Topliss-reactive ketones (excluding diaryl/α,β-unsaturated/α-hetero) is 1. The number of aliphatic hydroxyl groups excluding tert-OH is 1. The van der Waals surface area contributed by atoms with E-state index < -0.39 is 35.2 Å². The lowest BCUT2D eigenvalue weighted by atomic mass is 9.94. The fourth-order valence-corrected chi connectivity index (χ4v) is 4.27. The predicted octanol–water partition coefficient (Wildman–Crippen LogP) is 6.24. The van der Waals surface area contributed by atoms with Gasteiger partial charge in [-0.3, -0.25) is 14.5 Å². The van der Waals surface area contributed by atoms with Gasteiger partial charge in [0.2, 0.25) is 5.78 Å². The van der Waals surface area contributed by atoms with Gasteiger partial charge in [-0.15, -0.1) is 0 Å². The Morgan fingerprint density at radius 1 is 1.00 bits per heavy atom. The quantitative estimate of drug-likeness (QED) is 0.333. The SMILES string of the molecule is COc1cccc(C2C(C(=O)c3cc4ccccc4o3)=C(O)C(=O)N2c2ccc(C(F)(F)F)cc2)c1. The first-order valence-corrected chi connectivity index (χ1v) is 10.8. The smallest absolute Gasteiger partial charge is 0.416 e. The Morgan fingerprint density at radius 2 is 1.72 bits per heavy atom. The number of halogens is 3. The number of ketones is 1. The number of ether oxygens (including phenoxy) is 1. The minimum absolute atomic E-state index is 0.0692. The minimum Gasteiger partial charge on any atom is -0.503 e. The van der Waals surface area contributed by atoms with Crippen molar-refractivity contribution in [1.82, 2.24) is 0 Å². The second-order valence-electron chi connectivity index (χ2n) is 8.14. The molecular weight excluding hydrogens is 475 g/mol. The van der Waals surface area contributed by atoms with E-state index in [4.69, 9.17) is 9.15 Å². The van der Waals surface area contributed by atoms with Crippen LogP contribution in [-0.4, -0.2) is 23.9 Å². The van der Waals surface area contributed by atoms with Crippen molar-refractivity contribution in [1.29, 1.82) is 0 Å². The molecule has 0 bridgehead atoms. The monoisotopic (exact) mass is 493 g/mol. The molecule has 0 spiro atoms. The molecule has 36 heavy (non-hydrogen) atoms. The van der Waals surface area contributed by atoms with Crippen molar-refractivity contribution in [3.05, 3.63) is 107 Å². The number of aliphatic hydroxyl groups is 1. The maximum absolute atomic E-state index is 13.6. The van der Waals surface area contributed by atoms with Crippen LogP contribution >= 0.6 is 0 Å². The summed E-state index contributed by atoms with van der Waals surface area (Å²) in [6, 6.07) is 17.7. The highest BCUT2D eigenvalue weighted by molar-refractivity contribution is 6.20. The molecule has 182 valence electrons. The zero-order chi connectivity index (χ0) is 25.6. The highest BCUT2D eigenvalue weighted by Gasteiger charge is 2.45. The summed E-state index contributed by atoms with van der Waals surface area (Å²) in [6.07, 6.45) is -4.57. The van der Waals surface area contributed by atoms with Crippen LogP contribution in [0.25, 0.3) is 11.0 Å². The highest BCUT2D eigenvalue weighted by atomic mass is 19.4. The van der Waals surface area contributed by atoms with Crippen LogP contribution in [0.15, 0.2) is 94.6 Å². The molecule has 1 amide bonds. The normalized spacial score (nSPS) is 16.2. The van der Waals surface area contributed by atoms with E-state index >= 15 is 0 Å². The van der Waals surface area contributed by atoms with Gasteiger partial charge in [-0.2, -0.15) is 13.2 Å². The molecule has 0 aliphatic carbocycles. The predicted molar refractivity (Wildman–Crippen MR) is 125 cm³/mol. The first kappa shape index (κ1) is 23.2. The van der Waals surface area contributed by atoms with Crippen molar-refractivity contribution in [2.75, 3.05) is 12.0 Å². The second kappa shape index (κ2) is 8.60. The van der Waals surface area contributed by atoms with Crippen LogP contribution in [0.5, 0.6) is 5.75 Å². The summed E-state index contributed by atoms with van der Waals surface area (Å²) in [5.41, 5.74) is -0.229. The van der Waals surface area contributed by atoms with Gasteiger partial charge in [0.25, 0.3) is 5.91 Å². The molecule has 1 N–H and O–H groups in total. The summed E-state index contributed by atoms with van der Waals surface area (Å²) in [6.45, 7) is 0. The standard InChI is InChI=1S/C27H18F3NO5/c1-35-19-7-4-6-16(13-19)23-22(24(32)21-14-15-5-2-3-8-20(15)36-21)25(33)26(34)31(23)18-11-9-17(10-12-18)27(28,29)30/h2-14,23,33H,1H3. The fraction of sp³-hybridized carbons (Fsp3) is 0.111. The average Bonchev–Trinajstić information content (AvgIpc) is 3.42. The number of furan rings is 1. The van der Waals surface area contributed by atoms with Gasteiger partial charge >= 0.3 is 6.18 Å². The third-order valence-corrected chi connectivity index (χ3v) is 5.98. The van der Waals surface area contributed by atoms with Gasteiger partial charge in [0.05, 0.1) is 24.3 Å². The van der Waals surface area contributed by atoms with Gasteiger partial charge in [0.1, 0.15) is 11.3 Å². The zero-order valence-electron chi connectivity index (χ0n) is 18.7. The summed E-state index contributed by atoms with van der Waals surface area (Å²) < 4.78 is 50.3. The largest absolute Gasteiger partial charge is 0.503 e. The van der Waals surface area contributed by atoms with Gasteiger partial charge < -0.3 is 14.3 Å². The number of alkyl halides is 3. The number of benzene rings is 3. The molecule has 4 aromatic rings. The summed E-state index contributed by atoms with van der Waals surface area (Å²) >= 11 is 0. The number of carbonyl (C=O) groups is 2. The molecule has 1 unspecified atom stereocenters. The number of carbonyl (C=O) groups excluding carboxylic acids is 2. The summed E-state index contributed by atoms with van der Waals surface area (Å²) in [5, 5.41) is 11.5. The maximum Gasteiger partial charge on any atom is 0.416 e. The van der Waals surface area contributed by atoms with E-state index in [2.05, 4.69) is 0 Å². The van der Waals surface area contributed by atoms with Crippen molar-refractivity contribution in [3.63, 3.8) is 0 Å². The first-order chi connectivity index (χ1) is 17.2. The van der Waals surface area contributed by atoms with Crippen LogP contribution < -0.4 is 9.64 Å². The van der Waals surface area contributed by atoms with Crippen molar-refractivity contribution < 1.29 is 37.0 Å². The Bertz CT molecular complexity index is 1490. The van der Waals surface area contributed by atoms with Gasteiger partial charge in [0, 0.05) is 11.1 Å². The average molecular weight is 493 g/mol. The van der Waals surface area contributed by atoms with Crippen LogP contribution in [0.3, 0.4) is 0 Å². The van der Waals surface area contributed by atoms with Crippen molar-refractivity contribution in [2.45, 2.75) is 12.2 Å². The van der Waals surface area contributed by atoms with Gasteiger partial charge in [0.15, 0.2) is 11.5 Å². The van der Waals surface area contributed by atoms with E-state index in [0.717, 1.165) is 29.2 Å². The number of hydrogen-bond donors (Lipinski definition) is 1. The van der Waals surface area contributed by atoms with Gasteiger partial charge in [-0.05, 0) is 54.1 Å². The van der Waals surface area contributed by atoms with E-state index in [1.54, 1.807) is 48.5 Å². The third kappa shape index (κ3) is 3.88. The van der Waals surface area contributed by atoms with E-state index in [-0.39, 0.29) is 17.0 Å². The number of fused-ring (bicyclic) bond motifs is 1. The Morgan fingerprint density at radius 3 is 2.39 bits per heavy atom. The summed E-state index contributed by atoms with van der Waals surface area (Å²) in [4.78, 5) is 27.9.